The minimum atomic E-state index is -0.805. The lowest BCUT2D eigenvalue weighted by atomic mass is 9.83. The van der Waals surface area contributed by atoms with Gasteiger partial charge in [-0.15, -0.1) is 0 Å². The molecule has 0 heterocycles. The van der Waals surface area contributed by atoms with E-state index in [0.717, 1.165) is 19.3 Å². The van der Waals surface area contributed by atoms with Gasteiger partial charge in [0, 0.05) is 13.6 Å². The Morgan fingerprint density at radius 3 is 2.52 bits per heavy atom. The number of likely N-dealkylation sites (N-methyl/N-ethyl adjacent to an activating group) is 1. The third-order valence-electron chi connectivity index (χ3n) is 4.39. The maximum atomic E-state index is 12.7. The highest BCUT2D eigenvalue weighted by atomic mass is 16.4. The molecule has 1 aliphatic rings. The Balaban J connectivity index is 2.04. The lowest BCUT2D eigenvalue weighted by Crippen LogP contribution is -2.49. The summed E-state index contributed by atoms with van der Waals surface area (Å²) in [5.41, 5.74) is 6.20. The van der Waals surface area contributed by atoms with Crippen LogP contribution in [0.25, 0.3) is 0 Å². The Labute approximate surface area is 125 Å². The molecule has 3 N–H and O–H groups in total. The van der Waals surface area contributed by atoms with Gasteiger partial charge in [-0.25, -0.2) is 0 Å². The van der Waals surface area contributed by atoms with Crippen molar-refractivity contribution in [1.29, 1.82) is 0 Å². The Morgan fingerprint density at radius 2 is 1.95 bits per heavy atom. The number of hydrogen-bond donors (Lipinski definition) is 2. The standard InChI is InChI=1S/C16H23N3O2/c1-19(12-9-13-7-3-2-4-8-13)15(20)16(14(17)18-21)10-5-6-11-16/h2-4,7-8,21H,5-6,9-12H2,1H3,(H2,17,18). The van der Waals surface area contributed by atoms with Gasteiger partial charge in [0.25, 0.3) is 0 Å². The van der Waals surface area contributed by atoms with E-state index in [-0.39, 0.29) is 11.7 Å². The molecule has 21 heavy (non-hydrogen) atoms. The smallest absolute Gasteiger partial charge is 0.236 e. The molecule has 0 radical (unpaired) electrons. The molecule has 1 fully saturated rings. The van der Waals surface area contributed by atoms with Crippen LogP contribution in [-0.4, -0.2) is 35.4 Å². The van der Waals surface area contributed by atoms with Crippen LogP contribution >= 0.6 is 0 Å². The molecule has 1 amide bonds. The number of carbonyl (C=O) groups excluding carboxylic acids is 1. The number of nitrogens with zero attached hydrogens (tertiary/aromatic N) is 2. The van der Waals surface area contributed by atoms with Crippen molar-refractivity contribution in [3.05, 3.63) is 35.9 Å². The van der Waals surface area contributed by atoms with Crippen LogP contribution in [0.1, 0.15) is 31.2 Å². The summed E-state index contributed by atoms with van der Waals surface area (Å²) in [6, 6.07) is 10.1. The first-order chi connectivity index (χ1) is 10.1. The second kappa shape index (κ2) is 6.61. The second-order valence-electron chi connectivity index (χ2n) is 5.74. The summed E-state index contributed by atoms with van der Waals surface area (Å²) < 4.78 is 0. The van der Waals surface area contributed by atoms with E-state index < -0.39 is 5.41 Å². The van der Waals surface area contributed by atoms with E-state index in [2.05, 4.69) is 5.16 Å². The van der Waals surface area contributed by atoms with Gasteiger partial charge in [-0.05, 0) is 24.8 Å². The Kier molecular flexibility index (Phi) is 4.83. The van der Waals surface area contributed by atoms with Crippen molar-refractivity contribution in [2.75, 3.05) is 13.6 Å². The zero-order valence-corrected chi connectivity index (χ0v) is 12.5. The molecular weight excluding hydrogens is 266 g/mol. The first kappa shape index (κ1) is 15.4. The van der Waals surface area contributed by atoms with Gasteiger partial charge in [0.05, 0.1) is 0 Å². The van der Waals surface area contributed by atoms with Crippen LogP contribution in [-0.2, 0) is 11.2 Å². The third-order valence-corrected chi connectivity index (χ3v) is 4.39. The van der Waals surface area contributed by atoms with Crippen LogP contribution in [0.15, 0.2) is 35.5 Å². The third kappa shape index (κ3) is 3.17. The molecule has 0 spiro atoms. The normalized spacial score (nSPS) is 17.7. The topological polar surface area (TPSA) is 78.9 Å². The number of nitrogens with two attached hydrogens (primary N) is 1. The summed E-state index contributed by atoms with van der Waals surface area (Å²) in [5.74, 6) is 0.0165. The second-order valence-corrected chi connectivity index (χ2v) is 5.74. The van der Waals surface area contributed by atoms with E-state index >= 15 is 0 Å². The zero-order chi connectivity index (χ0) is 15.3. The van der Waals surface area contributed by atoms with Crippen LogP contribution in [0.4, 0.5) is 0 Å². The molecule has 1 saturated carbocycles. The fourth-order valence-corrected chi connectivity index (χ4v) is 3.06. The van der Waals surface area contributed by atoms with Gasteiger partial charge in [-0.2, -0.15) is 0 Å². The monoisotopic (exact) mass is 289 g/mol. The number of oxime groups is 1. The Bertz CT molecular complexity index is 508. The molecule has 114 valence electrons. The molecule has 0 aromatic heterocycles. The number of amides is 1. The lowest BCUT2D eigenvalue weighted by molar-refractivity contribution is -0.136. The average molecular weight is 289 g/mol. The van der Waals surface area contributed by atoms with E-state index in [9.17, 15) is 4.79 Å². The molecule has 0 atom stereocenters. The highest BCUT2D eigenvalue weighted by molar-refractivity contribution is 6.06. The highest BCUT2D eigenvalue weighted by Crippen LogP contribution is 2.39. The molecule has 5 nitrogen and oxygen atoms in total. The quantitative estimate of drug-likeness (QED) is 0.376. The molecule has 0 unspecified atom stereocenters. The van der Waals surface area contributed by atoms with Gasteiger partial charge in [0.15, 0.2) is 5.84 Å². The van der Waals surface area contributed by atoms with Crippen molar-refractivity contribution in [3.63, 3.8) is 0 Å². The fourth-order valence-electron chi connectivity index (χ4n) is 3.06. The SMILES string of the molecule is CN(CCc1ccccc1)C(=O)C1(C(N)=NO)CCCC1. The first-order valence-corrected chi connectivity index (χ1v) is 7.37. The first-order valence-electron chi connectivity index (χ1n) is 7.37. The van der Waals surface area contributed by atoms with E-state index in [4.69, 9.17) is 10.9 Å². The summed E-state index contributed by atoms with van der Waals surface area (Å²) >= 11 is 0. The number of amidine groups is 1. The molecule has 0 aliphatic heterocycles. The molecule has 1 aromatic rings. The van der Waals surface area contributed by atoms with Gasteiger partial charge in [-0.1, -0.05) is 48.3 Å². The van der Waals surface area contributed by atoms with Crippen molar-refractivity contribution in [3.8, 4) is 0 Å². The number of hydrogen-bond acceptors (Lipinski definition) is 3. The maximum absolute atomic E-state index is 12.7. The molecule has 0 bridgehead atoms. The summed E-state index contributed by atoms with van der Waals surface area (Å²) in [7, 11) is 1.79. The van der Waals surface area contributed by atoms with Gasteiger partial charge in [0.2, 0.25) is 5.91 Å². The van der Waals surface area contributed by atoms with E-state index in [0.29, 0.717) is 19.4 Å². The molecule has 0 saturated heterocycles. The van der Waals surface area contributed by atoms with Gasteiger partial charge in [0.1, 0.15) is 5.41 Å². The molecular formula is C16H23N3O2. The van der Waals surface area contributed by atoms with E-state index in [1.54, 1.807) is 11.9 Å². The van der Waals surface area contributed by atoms with Crippen molar-refractivity contribution < 1.29 is 10.0 Å². The van der Waals surface area contributed by atoms with E-state index in [1.165, 1.54) is 5.56 Å². The summed E-state index contributed by atoms with van der Waals surface area (Å²) in [5, 5.41) is 12.1. The van der Waals surface area contributed by atoms with E-state index in [1.807, 2.05) is 30.3 Å². The number of benzene rings is 1. The zero-order valence-electron chi connectivity index (χ0n) is 12.5. The maximum Gasteiger partial charge on any atom is 0.236 e. The molecule has 1 aliphatic carbocycles. The summed E-state index contributed by atoms with van der Waals surface area (Å²) in [4.78, 5) is 14.4. The molecule has 1 aromatic carbocycles. The molecule has 5 heteroatoms. The number of carbonyl (C=O) groups is 1. The van der Waals surface area contributed by atoms with Crippen molar-refractivity contribution in [2.24, 2.45) is 16.3 Å². The summed E-state index contributed by atoms with van der Waals surface area (Å²) in [6.07, 6.45) is 4.01. The molecule has 2 rings (SSSR count). The van der Waals surface area contributed by atoms with Crippen LogP contribution in [0.3, 0.4) is 0 Å². The number of rotatable bonds is 5. The highest BCUT2D eigenvalue weighted by Gasteiger charge is 2.46. The van der Waals surface area contributed by atoms with Crippen LogP contribution in [0.5, 0.6) is 0 Å². The van der Waals surface area contributed by atoms with Gasteiger partial charge in [-0.3, -0.25) is 4.79 Å². The van der Waals surface area contributed by atoms with Gasteiger partial charge < -0.3 is 15.8 Å². The minimum absolute atomic E-state index is 0.0359. The Hall–Kier alpha value is -2.04. The van der Waals surface area contributed by atoms with Crippen molar-refractivity contribution in [1.82, 2.24) is 4.90 Å². The predicted octanol–water partition coefficient (Wildman–Crippen LogP) is 1.99. The Morgan fingerprint density at radius 1 is 1.33 bits per heavy atom. The largest absolute Gasteiger partial charge is 0.409 e. The van der Waals surface area contributed by atoms with Crippen LogP contribution in [0, 0.1) is 5.41 Å². The van der Waals surface area contributed by atoms with Crippen LogP contribution in [0.2, 0.25) is 0 Å². The average Bonchev–Trinajstić information content (AvgIpc) is 3.03. The van der Waals surface area contributed by atoms with Crippen LogP contribution < -0.4 is 5.73 Å². The summed E-state index contributed by atoms with van der Waals surface area (Å²) in [6.45, 7) is 0.628. The fraction of sp³-hybridized carbons (Fsp3) is 0.500. The van der Waals surface area contributed by atoms with Crippen molar-refractivity contribution in [2.45, 2.75) is 32.1 Å². The lowest BCUT2D eigenvalue weighted by Gasteiger charge is -2.31. The predicted molar refractivity (Wildman–Crippen MR) is 82.1 cm³/mol. The minimum Gasteiger partial charge on any atom is -0.409 e. The van der Waals surface area contributed by atoms with Crippen molar-refractivity contribution >= 4 is 11.7 Å². The van der Waals surface area contributed by atoms with Gasteiger partial charge >= 0.3 is 0 Å².